The van der Waals surface area contributed by atoms with Gasteiger partial charge >= 0.3 is 0 Å². The molecule has 1 saturated heterocycles. The van der Waals surface area contributed by atoms with Crippen LogP contribution in [0.25, 0.3) is 10.9 Å². The van der Waals surface area contributed by atoms with Crippen molar-refractivity contribution in [1.82, 2.24) is 15.2 Å². The van der Waals surface area contributed by atoms with Crippen molar-refractivity contribution in [2.24, 2.45) is 10.9 Å². The monoisotopic (exact) mass is 473 g/mol. The van der Waals surface area contributed by atoms with E-state index in [0.717, 1.165) is 16.6 Å². The van der Waals surface area contributed by atoms with Crippen LogP contribution < -0.4 is 10.2 Å². The summed E-state index contributed by atoms with van der Waals surface area (Å²) in [5, 5.41) is 3.73. The summed E-state index contributed by atoms with van der Waals surface area (Å²) in [6.45, 7) is 8.01. The van der Waals surface area contributed by atoms with Gasteiger partial charge in [0.25, 0.3) is 11.8 Å². The third kappa shape index (κ3) is 4.13. The number of aliphatic imine (C=N–C) groups is 1. The van der Waals surface area contributed by atoms with Crippen LogP contribution in [0.2, 0.25) is 0 Å². The third-order valence-corrected chi connectivity index (χ3v) is 7.10. The second kappa shape index (κ2) is 8.76. The maximum atomic E-state index is 13.7. The molecule has 0 aliphatic carbocycles. The zero-order chi connectivity index (χ0) is 24.7. The van der Waals surface area contributed by atoms with Gasteiger partial charge in [0, 0.05) is 37.3 Å². The molecule has 8 heteroatoms. The zero-order valence-corrected chi connectivity index (χ0v) is 20.1. The lowest BCUT2D eigenvalue weighted by atomic mass is 9.89. The van der Waals surface area contributed by atoms with Crippen molar-refractivity contribution in [3.8, 4) is 0 Å². The summed E-state index contributed by atoms with van der Waals surface area (Å²) in [5.41, 5.74) is 1.57. The number of benzene rings is 2. The van der Waals surface area contributed by atoms with Gasteiger partial charge < -0.3 is 15.1 Å². The number of para-hydroxylation sites is 1. The molecular formula is C27H28FN5O2. The predicted octanol–water partition coefficient (Wildman–Crippen LogP) is 3.63. The van der Waals surface area contributed by atoms with Crippen molar-refractivity contribution in [3.05, 3.63) is 71.7 Å². The Morgan fingerprint density at radius 1 is 1.06 bits per heavy atom. The lowest BCUT2D eigenvalue weighted by Crippen LogP contribution is -2.49. The fourth-order valence-electron chi connectivity index (χ4n) is 4.50. The molecule has 5 rings (SSSR count). The second-order valence-electron chi connectivity index (χ2n) is 9.55. The van der Waals surface area contributed by atoms with Crippen LogP contribution >= 0.6 is 0 Å². The Morgan fingerprint density at radius 2 is 1.74 bits per heavy atom. The molecule has 35 heavy (non-hydrogen) atoms. The maximum Gasteiger partial charge on any atom is 0.256 e. The molecule has 7 nitrogen and oxygen atoms in total. The first kappa shape index (κ1) is 23.0. The number of aromatic nitrogens is 1. The number of amidine groups is 1. The summed E-state index contributed by atoms with van der Waals surface area (Å²) in [7, 11) is 0. The van der Waals surface area contributed by atoms with Crippen molar-refractivity contribution in [3.63, 3.8) is 0 Å². The second-order valence-corrected chi connectivity index (χ2v) is 9.55. The Balaban J connectivity index is 1.46. The van der Waals surface area contributed by atoms with Gasteiger partial charge in [0.15, 0.2) is 5.84 Å². The lowest BCUT2D eigenvalue weighted by Gasteiger charge is -2.36. The highest BCUT2D eigenvalue weighted by Crippen LogP contribution is 2.29. The number of rotatable bonds is 4. The maximum absolute atomic E-state index is 13.7. The van der Waals surface area contributed by atoms with E-state index in [-0.39, 0.29) is 23.5 Å². The summed E-state index contributed by atoms with van der Waals surface area (Å²) >= 11 is 0. The highest BCUT2D eigenvalue weighted by molar-refractivity contribution is 6.19. The first-order valence-corrected chi connectivity index (χ1v) is 11.9. The molecule has 180 valence electrons. The molecule has 3 heterocycles. The molecule has 0 radical (unpaired) electrons. The van der Waals surface area contributed by atoms with E-state index in [1.807, 2.05) is 44.2 Å². The summed E-state index contributed by atoms with van der Waals surface area (Å²) in [6, 6.07) is 15.8. The molecule has 1 fully saturated rings. The van der Waals surface area contributed by atoms with E-state index in [1.165, 1.54) is 12.1 Å². The average molecular weight is 474 g/mol. The van der Waals surface area contributed by atoms with Crippen molar-refractivity contribution in [2.45, 2.75) is 26.3 Å². The van der Waals surface area contributed by atoms with Gasteiger partial charge in [0.1, 0.15) is 17.1 Å². The molecule has 0 bridgehead atoms. The Hall–Kier alpha value is -3.81. The third-order valence-electron chi connectivity index (χ3n) is 7.10. The molecule has 0 spiro atoms. The van der Waals surface area contributed by atoms with Crippen LogP contribution in [-0.2, 0) is 4.79 Å². The van der Waals surface area contributed by atoms with Crippen LogP contribution in [0.3, 0.4) is 0 Å². The molecule has 1 aromatic heterocycles. The number of hydrogen-bond donors (Lipinski definition) is 1. The quantitative estimate of drug-likeness (QED) is 0.628. The van der Waals surface area contributed by atoms with Crippen LogP contribution in [0.5, 0.6) is 0 Å². The standard InChI is InChI=1S/C27H28FN5O2/c1-17(2)27(3)26(35)30-24(31-27)23-21(16-18-6-4-5-7-22(18)29-23)25(34)33-14-12-32(13-15-33)20-10-8-19(28)9-11-20/h4-11,16-17H,12-15H2,1-3H3,(H,30,31,35)/t27-/m1/s1. The predicted molar refractivity (Wildman–Crippen MR) is 134 cm³/mol. The highest BCUT2D eigenvalue weighted by Gasteiger charge is 2.43. The molecule has 2 aromatic carbocycles. The number of piperazine rings is 1. The molecule has 1 N–H and O–H groups in total. The van der Waals surface area contributed by atoms with Gasteiger partial charge in [-0.2, -0.15) is 0 Å². The van der Waals surface area contributed by atoms with Gasteiger partial charge in [-0.15, -0.1) is 0 Å². The Labute approximate surface area is 203 Å². The Morgan fingerprint density at radius 3 is 2.40 bits per heavy atom. The fourth-order valence-corrected chi connectivity index (χ4v) is 4.50. The largest absolute Gasteiger partial charge is 0.368 e. The van der Waals surface area contributed by atoms with Crippen molar-refractivity contribution in [2.75, 3.05) is 31.1 Å². The summed E-state index contributed by atoms with van der Waals surface area (Å²) < 4.78 is 13.3. The smallest absolute Gasteiger partial charge is 0.256 e. The first-order valence-electron chi connectivity index (χ1n) is 11.9. The molecule has 2 aliphatic heterocycles. The van der Waals surface area contributed by atoms with Crippen molar-refractivity contribution < 1.29 is 14.0 Å². The van der Waals surface area contributed by atoms with E-state index < -0.39 is 5.54 Å². The van der Waals surface area contributed by atoms with Gasteiger partial charge in [-0.05, 0) is 49.2 Å². The SMILES string of the molecule is CC(C)[C@@]1(C)N=C(c2nc3ccccc3cc2C(=O)N2CCN(c3ccc(F)cc3)CC2)NC1=O. The normalized spacial score (nSPS) is 20.4. The van der Waals surface area contributed by atoms with Crippen LogP contribution in [0, 0.1) is 11.7 Å². The number of fused-ring (bicyclic) bond motifs is 1. The van der Waals surface area contributed by atoms with Gasteiger partial charge in [-0.3, -0.25) is 9.59 Å². The van der Waals surface area contributed by atoms with E-state index >= 15 is 0 Å². The van der Waals surface area contributed by atoms with Gasteiger partial charge in [-0.1, -0.05) is 32.0 Å². The molecule has 0 unspecified atom stereocenters. The van der Waals surface area contributed by atoms with Crippen LogP contribution in [-0.4, -0.2) is 59.3 Å². The van der Waals surface area contributed by atoms with Crippen molar-refractivity contribution in [1.29, 1.82) is 0 Å². The van der Waals surface area contributed by atoms with Gasteiger partial charge in [-0.25, -0.2) is 14.4 Å². The van der Waals surface area contributed by atoms with E-state index in [4.69, 9.17) is 9.98 Å². The molecule has 0 saturated carbocycles. The lowest BCUT2D eigenvalue weighted by molar-refractivity contribution is -0.124. The van der Waals surface area contributed by atoms with Gasteiger partial charge in [0.2, 0.25) is 0 Å². The van der Waals surface area contributed by atoms with E-state index in [0.29, 0.717) is 43.3 Å². The number of nitrogens with zero attached hydrogens (tertiary/aromatic N) is 4. The minimum atomic E-state index is -0.913. The Bertz CT molecular complexity index is 1330. The van der Waals surface area contributed by atoms with E-state index in [9.17, 15) is 14.0 Å². The summed E-state index contributed by atoms with van der Waals surface area (Å²) in [5.74, 6) is -0.283. The number of nitrogens with one attached hydrogen (secondary N) is 1. The molecule has 2 aliphatic rings. The summed E-state index contributed by atoms with van der Waals surface area (Å²) in [4.78, 5) is 39.9. The van der Waals surface area contributed by atoms with Gasteiger partial charge in [0.05, 0.1) is 11.1 Å². The first-order chi connectivity index (χ1) is 16.8. The number of amides is 2. The molecule has 2 amide bonds. The van der Waals surface area contributed by atoms with E-state index in [1.54, 1.807) is 24.0 Å². The molecular weight excluding hydrogens is 445 g/mol. The summed E-state index contributed by atoms with van der Waals surface area (Å²) in [6.07, 6.45) is 0. The number of carbonyl (C=O) groups excluding carboxylic acids is 2. The minimum Gasteiger partial charge on any atom is -0.368 e. The highest BCUT2D eigenvalue weighted by atomic mass is 19.1. The van der Waals surface area contributed by atoms with Crippen LogP contribution in [0.1, 0.15) is 36.8 Å². The number of carbonyl (C=O) groups is 2. The van der Waals surface area contributed by atoms with Crippen LogP contribution in [0.15, 0.2) is 59.6 Å². The fraction of sp³-hybridized carbons (Fsp3) is 0.333. The molecule has 3 aromatic rings. The average Bonchev–Trinajstić information content (AvgIpc) is 3.18. The number of pyridine rings is 1. The topological polar surface area (TPSA) is 77.9 Å². The number of halogens is 1. The van der Waals surface area contributed by atoms with Crippen molar-refractivity contribution >= 4 is 34.2 Å². The minimum absolute atomic E-state index is 0.0147. The zero-order valence-electron chi connectivity index (χ0n) is 20.1. The Kier molecular flexibility index (Phi) is 5.75. The number of hydrogen-bond acceptors (Lipinski definition) is 5. The van der Waals surface area contributed by atoms with Crippen LogP contribution in [0.4, 0.5) is 10.1 Å². The van der Waals surface area contributed by atoms with E-state index in [2.05, 4.69) is 10.2 Å². The molecule has 1 atom stereocenters. The number of anilines is 1.